The molecule has 0 spiro atoms. The first-order valence-electron chi connectivity index (χ1n) is 6.72. The molecule has 2 unspecified atom stereocenters. The predicted molar refractivity (Wildman–Crippen MR) is 72.4 cm³/mol. The molecule has 2 rings (SSSR count). The zero-order chi connectivity index (χ0) is 14.7. The first-order valence-corrected chi connectivity index (χ1v) is 6.72. The minimum Gasteiger partial charge on any atom is -0.391 e. The minimum absolute atomic E-state index is 0.144. The number of rotatable bonds is 3. The van der Waals surface area contributed by atoms with Crippen LogP contribution in [0.3, 0.4) is 0 Å². The summed E-state index contributed by atoms with van der Waals surface area (Å²) in [6.07, 6.45) is 4.21. The molecule has 2 N–H and O–H groups in total. The number of likely N-dealkylation sites (N-methyl/N-ethyl adjacent to an activating group) is 1. The van der Waals surface area contributed by atoms with Gasteiger partial charge in [-0.1, -0.05) is 12.8 Å². The first kappa shape index (κ1) is 14.5. The average molecular weight is 281 g/mol. The number of amides is 1. The maximum Gasteiger partial charge on any atom is 0.328 e. The van der Waals surface area contributed by atoms with Gasteiger partial charge in [0.25, 0.3) is 5.56 Å². The van der Waals surface area contributed by atoms with Gasteiger partial charge in [-0.25, -0.2) is 4.79 Å². The fourth-order valence-electron chi connectivity index (χ4n) is 2.55. The Morgan fingerprint density at radius 3 is 2.80 bits per heavy atom. The van der Waals surface area contributed by atoms with Crippen LogP contribution in [-0.2, 0) is 11.3 Å². The average Bonchev–Trinajstić information content (AvgIpc) is 2.41. The van der Waals surface area contributed by atoms with Crippen LogP contribution in [0.25, 0.3) is 0 Å². The van der Waals surface area contributed by atoms with Gasteiger partial charge in [0.1, 0.15) is 6.54 Å². The van der Waals surface area contributed by atoms with Gasteiger partial charge in [0.2, 0.25) is 5.91 Å². The number of aromatic amines is 1. The topological polar surface area (TPSA) is 95.4 Å². The van der Waals surface area contributed by atoms with Crippen LogP contribution in [0.5, 0.6) is 0 Å². The van der Waals surface area contributed by atoms with E-state index in [1.165, 1.54) is 17.2 Å². The predicted octanol–water partition coefficient (Wildman–Crippen LogP) is -0.701. The van der Waals surface area contributed by atoms with Crippen molar-refractivity contribution in [3.05, 3.63) is 33.1 Å². The zero-order valence-electron chi connectivity index (χ0n) is 11.4. The number of H-pyrrole nitrogens is 1. The van der Waals surface area contributed by atoms with Crippen LogP contribution < -0.4 is 11.2 Å². The Kier molecular flexibility index (Phi) is 4.39. The van der Waals surface area contributed by atoms with Crippen molar-refractivity contribution in [1.29, 1.82) is 0 Å². The first-order chi connectivity index (χ1) is 9.49. The van der Waals surface area contributed by atoms with E-state index in [9.17, 15) is 19.5 Å². The molecule has 1 amide bonds. The van der Waals surface area contributed by atoms with E-state index in [1.54, 1.807) is 7.05 Å². The second-order valence-corrected chi connectivity index (χ2v) is 5.16. The second-order valence-electron chi connectivity index (χ2n) is 5.16. The molecule has 1 aromatic rings. The summed E-state index contributed by atoms with van der Waals surface area (Å²) in [6, 6.07) is 0.999. The molecule has 110 valence electrons. The molecule has 1 aliphatic rings. The maximum absolute atomic E-state index is 12.2. The van der Waals surface area contributed by atoms with Gasteiger partial charge < -0.3 is 10.0 Å². The summed E-state index contributed by atoms with van der Waals surface area (Å²) in [5.74, 6) is -0.259. The highest BCUT2D eigenvalue weighted by molar-refractivity contribution is 5.76. The van der Waals surface area contributed by atoms with Gasteiger partial charge in [-0.2, -0.15) is 0 Å². The summed E-state index contributed by atoms with van der Waals surface area (Å²) in [6.45, 7) is -0.144. The van der Waals surface area contributed by atoms with Crippen LogP contribution in [0, 0.1) is 0 Å². The lowest BCUT2D eigenvalue weighted by molar-refractivity contribution is -0.136. The third-order valence-electron chi connectivity index (χ3n) is 3.79. The van der Waals surface area contributed by atoms with Gasteiger partial charge in [-0.15, -0.1) is 0 Å². The third-order valence-corrected chi connectivity index (χ3v) is 3.79. The summed E-state index contributed by atoms with van der Waals surface area (Å²) < 4.78 is 1.15. The van der Waals surface area contributed by atoms with E-state index in [0.29, 0.717) is 6.42 Å². The molecule has 7 heteroatoms. The lowest BCUT2D eigenvalue weighted by Crippen LogP contribution is -2.48. The van der Waals surface area contributed by atoms with Gasteiger partial charge in [0.05, 0.1) is 12.1 Å². The molecule has 0 aliphatic heterocycles. The van der Waals surface area contributed by atoms with Crippen LogP contribution in [0.1, 0.15) is 25.7 Å². The van der Waals surface area contributed by atoms with Crippen molar-refractivity contribution in [2.75, 3.05) is 7.05 Å². The minimum atomic E-state index is -0.608. The number of aliphatic hydroxyl groups is 1. The Balaban J connectivity index is 2.07. The van der Waals surface area contributed by atoms with E-state index in [4.69, 9.17) is 0 Å². The van der Waals surface area contributed by atoms with Crippen LogP contribution in [0.15, 0.2) is 21.9 Å². The molecule has 2 atom stereocenters. The van der Waals surface area contributed by atoms with Gasteiger partial charge >= 0.3 is 5.69 Å². The Hall–Kier alpha value is -1.89. The fraction of sp³-hybridized carbons (Fsp3) is 0.615. The van der Waals surface area contributed by atoms with Gasteiger partial charge in [0, 0.05) is 19.3 Å². The normalized spacial score (nSPS) is 22.5. The van der Waals surface area contributed by atoms with Crippen molar-refractivity contribution < 1.29 is 9.90 Å². The van der Waals surface area contributed by atoms with Crippen molar-refractivity contribution in [2.45, 2.75) is 44.4 Å². The molecule has 7 nitrogen and oxygen atoms in total. The number of hydrogen-bond donors (Lipinski definition) is 2. The lowest BCUT2D eigenvalue weighted by Gasteiger charge is -2.35. The monoisotopic (exact) mass is 281 g/mol. The molecule has 0 bridgehead atoms. The number of aliphatic hydroxyl groups excluding tert-OH is 1. The van der Waals surface area contributed by atoms with Crippen molar-refractivity contribution in [1.82, 2.24) is 14.5 Å². The highest BCUT2D eigenvalue weighted by atomic mass is 16.3. The van der Waals surface area contributed by atoms with E-state index in [0.717, 1.165) is 23.8 Å². The number of nitrogens with one attached hydrogen (secondary N) is 1. The number of carbonyl (C=O) groups is 1. The van der Waals surface area contributed by atoms with Crippen LogP contribution >= 0.6 is 0 Å². The number of aromatic nitrogens is 2. The lowest BCUT2D eigenvalue weighted by atomic mass is 9.91. The van der Waals surface area contributed by atoms with E-state index >= 15 is 0 Å². The highest BCUT2D eigenvalue weighted by Gasteiger charge is 2.29. The van der Waals surface area contributed by atoms with Crippen LogP contribution in [-0.4, -0.2) is 44.7 Å². The Morgan fingerprint density at radius 1 is 1.45 bits per heavy atom. The van der Waals surface area contributed by atoms with Crippen molar-refractivity contribution in [3.8, 4) is 0 Å². The molecule has 20 heavy (non-hydrogen) atoms. The maximum atomic E-state index is 12.2. The molecule has 0 aromatic carbocycles. The standard InChI is InChI=1S/C13H19N3O4/c1-15(9-4-2-3-5-10(9)17)12(19)8-16-7-6-11(18)14-13(16)20/h6-7,9-10,17H,2-5,8H2,1H3,(H,14,18,20). The Morgan fingerprint density at radius 2 is 2.15 bits per heavy atom. The number of carbonyl (C=O) groups excluding carboxylic acids is 1. The van der Waals surface area contributed by atoms with Gasteiger partial charge in [-0.05, 0) is 12.8 Å². The molecule has 1 aromatic heterocycles. The molecule has 1 aliphatic carbocycles. The highest BCUT2D eigenvalue weighted by Crippen LogP contribution is 2.22. The molecular weight excluding hydrogens is 262 g/mol. The quantitative estimate of drug-likeness (QED) is 0.765. The summed E-state index contributed by atoms with van der Waals surface area (Å²) in [4.78, 5) is 38.2. The summed E-state index contributed by atoms with van der Waals surface area (Å²) in [5, 5.41) is 9.94. The smallest absolute Gasteiger partial charge is 0.328 e. The summed E-state index contributed by atoms with van der Waals surface area (Å²) >= 11 is 0. The van der Waals surface area contributed by atoms with Crippen molar-refractivity contribution >= 4 is 5.91 Å². The van der Waals surface area contributed by atoms with E-state index in [1.807, 2.05) is 0 Å². The molecule has 1 saturated carbocycles. The van der Waals surface area contributed by atoms with E-state index < -0.39 is 17.4 Å². The zero-order valence-corrected chi connectivity index (χ0v) is 11.4. The summed E-state index contributed by atoms with van der Waals surface area (Å²) in [7, 11) is 1.64. The Labute approximate surface area is 115 Å². The number of nitrogens with zero attached hydrogens (tertiary/aromatic N) is 2. The van der Waals surface area contributed by atoms with Gasteiger partial charge in [-0.3, -0.25) is 19.1 Å². The Bertz CT molecular complexity index is 592. The molecule has 1 heterocycles. The third kappa shape index (κ3) is 3.16. The second kappa shape index (κ2) is 6.04. The molecule has 1 fully saturated rings. The van der Waals surface area contributed by atoms with Crippen molar-refractivity contribution in [3.63, 3.8) is 0 Å². The van der Waals surface area contributed by atoms with E-state index in [2.05, 4.69) is 4.98 Å². The van der Waals surface area contributed by atoms with Crippen LogP contribution in [0.2, 0.25) is 0 Å². The SMILES string of the molecule is CN(C(=O)Cn1ccc(=O)[nH]c1=O)C1CCCCC1O. The van der Waals surface area contributed by atoms with Crippen LogP contribution in [0.4, 0.5) is 0 Å². The molecule has 0 saturated heterocycles. The largest absolute Gasteiger partial charge is 0.391 e. The van der Waals surface area contributed by atoms with Gasteiger partial charge in [0.15, 0.2) is 0 Å². The molecular formula is C13H19N3O4. The van der Waals surface area contributed by atoms with Crippen molar-refractivity contribution in [2.24, 2.45) is 0 Å². The van der Waals surface area contributed by atoms with E-state index in [-0.39, 0.29) is 18.5 Å². The molecule has 0 radical (unpaired) electrons. The summed E-state index contributed by atoms with van der Waals surface area (Å²) in [5.41, 5.74) is -1.10. The fourth-order valence-corrected chi connectivity index (χ4v) is 2.55. The number of hydrogen-bond acceptors (Lipinski definition) is 4.